The van der Waals surface area contributed by atoms with Crippen LogP contribution in [0.25, 0.3) is 0 Å². The molecular formula is C14H13FO. The van der Waals surface area contributed by atoms with E-state index in [0.717, 1.165) is 11.3 Å². The van der Waals surface area contributed by atoms with Gasteiger partial charge in [0.2, 0.25) is 0 Å². The van der Waals surface area contributed by atoms with E-state index in [4.69, 9.17) is 4.74 Å². The minimum Gasteiger partial charge on any atom is -0.457 e. The van der Waals surface area contributed by atoms with Crippen LogP contribution < -0.4 is 4.74 Å². The Hall–Kier alpha value is -1.83. The lowest BCUT2D eigenvalue weighted by atomic mass is 10.2. The van der Waals surface area contributed by atoms with Gasteiger partial charge in [0.1, 0.15) is 17.3 Å². The van der Waals surface area contributed by atoms with E-state index >= 15 is 0 Å². The first-order valence-electron chi connectivity index (χ1n) is 5.16. The van der Waals surface area contributed by atoms with E-state index < -0.39 is 0 Å². The van der Waals surface area contributed by atoms with Gasteiger partial charge in [0.05, 0.1) is 0 Å². The highest BCUT2D eigenvalue weighted by Crippen LogP contribution is 2.23. The van der Waals surface area contributed by atoms with E-state index in [1.807, 2.05) is 31.2 Å². The zero-order valence-corrected chi connectivity index (χ0v) is 9.33. The van der Waals surface area contributed by atoms with Crippen LogP contribution in [0.1, 0.15) is 11.1 Å². The maximum Gasteiger partial charge on any atom is 0.130 e. The lowest BCUT2D eigenvalue weighted by Crippen LogP contribution is -1.87. The summed E-state index contributed by atoms with van der Waals surface area (Å²) in [6.45, 7) is 3.72. The number of rotatable bonds is 2. The molecule has 0 aromatic heterocycles. The molecule has 82 valence electrons. The molecule has 2 heteroatoms. The zero-order valence-electron chi connectivity index (χ0n) is 9.33. The van der Waals surface area contributed by atoms with Crippen molar-refractivity contribution in [3.63, 3.8) is 0 Å². The van der Waals surface area contributed by atoms with Crippen LogP contribution in [0.4, 0.5) is 4.39 Å². The quantitative estimate of drug-likeness (QED) is 0.729. The molecule has 0 saturated carbocycles. The monoisotopic (exact) mass is 216 g/mol. The highest BCUT2D eigenvalue weighted by Gasteiger charge is 2.01. The molecule has 2 rings (SSSR count). The van der Waals surface area contributed by atoms with Crippen LogP contribution in [0.2, 0.25) is 0 Å². The molecule has 0 aliphatic rings. The topological polar surface area (TPSA) is 9.23 Å². The van der Waals surface area contributed by atoms with E-state index in [0.29, 0.717) is 11.3 Å². The Labute approximate surface area is 94.5 Å². The maximum absolute atomic E-state index is 13.3. The summed E-state index contributed by atoms with van der Waals surface area (Å²) in [5, 5.41) is 0. The molecule has 2 aromatic rings. The minimum atomic E-state index is -0.245. The highest BCUT2D eigenvalue weighted by atomic mass is 19.1. The van der Waals surface area contributed by atoms with E-state index in [2.05, 4.69) is 0 Å². The van der Waals surface area contributed by atoms with Gasteiger partial charge in [0.25, 0.3) is 0 Å². The van der Waals surface area contributed by atoms with Crippen molar-refractivity contribution in [2.75, 3.05) is 0 Å². The van der Waals surface area contributed by atoms with Crippen LogP contribution in [0.5, 0.6) is 11.5 Å². The van der Waals surface area contributed by atoms with Gasteiger partial charge < -0.3 is 4.74 Å². The number of hydrogen-bond donors (Lipinski definition) is 0. The Bertz CT molecular complexity index is 506. The van der Waals surface area contributed by atoms with E-state index in [1.165, 1.54) is 6.07 Å². The SMILES string of the molecule is Cc1cccc(Oc2ccc(C)c(F)c2)c1. The maximum atomic E-state index is 13.3. The summed E-state index contributed by atoms with van der Waals surface area (Å²) in [7, 11) is 0. The van der Waals surface area contributed by atoms with Crippen molar-refractivity contribution < 1.29 is 9.13 Å². The summed E-state index contributed by atoms with van der Waals surface area (Å²) >= 11 is 0. The third-order valence-corrected chi connectivity index (χ3v) is 2.37. The lowest BCUT2D eigenvalue weighted by Gasteiger charge is -2.07. The number of ether oxygens (including phenoxy) is 1. The second kappa shape index (κ2) is 4.35. The van der Waals surface area contributed by atoms with Crippen molar-refractivity contribution in [2.45, 2.75) is 13.8 Å². The van der Waals surface area contributed by atoms with Gasteiger partial charge >= 0.3 is 0 Å². The normalized spacial score (nSPS) is 10.2. The number of benzene rings is 2. The molecule has 0 N–H and O–H groups in total. The summed E-state index contributed by atoms with van der Waals surface area (Å²) in [6, 6.07) is 12.5. The van der Waals surface area contributed by atoms with Crippen LogP contribution in [0.3, 0.4) is 0 Å². The van der Waals surface area contributed by atoms with Gasteiger partial charge in [-0.1, -0.05) is 18.2 Å². The van der Waals surface area contributed by atoms with Crippen molar-refractivity contribution in [2.24, 2.45) is 0 Å². The second-order valence-corrected chi connectivity index (χ2v) is 3.83. The van der Waals surface area contributed by atoms with E-state index in [-0.39, 0.29) is 5.82 Å². The molecule has 0 fully saturated rings. The molecule has 1 nitrogen and oxygen atoms in total. The summed E-state index contributed by atoms with van der Waals surface area (Å²) in [5.41, 5.74) is 1.74. The first-order valence-corrected chi connectivity index (χ1v) is 5.16. The molecular weight excluding hydrogens is 203 g/mol. The highest BCUT2D eigenvalue weighted by molar-refractivity contribution is 5.35. The Morgan fingerprint density at radius 1 is 0.938 bits per heavy atom. The first kappa shape index (κ1) is 10.7. The minimum absolute atomic E-state index is 0.245. The molecule has 0 aliphatic carbocycles. The summed E-state index contributed by atoms with van der Waals surface area (Å²) < 4.78 is 18.8. The van der Waals surface area contributed by atoms with Crippen molar-refractivity contribution in [1.82, 2.24) is 0 Å². The van der Waals surface area contributed by atoms with Gasteiger partial charge in [-0.2, -0.15) is 0 Å². The van der Waals surface area contributed by atoms with E-state index in [9.17, 15) is 4.39 Å². The molecule has 0 saturated heterocycles. The molecule has 0 aliphatic heterocycles. The fourth-order valence-electron chi connectivity index (χ4n) is 1.45. The van der Waals surface area contributed by atoms with Crippen molar-refractivity contribution in [3.05, 3.63) is 59.4 Å². The Morgan fingerprint density at radius 2 is 1.69 bits per heavy atom. The van der Waals surface area contributed by atoms with Crippen LogP contribution in [-0.4, -0.2) is 0 Å². The predicted octanol–water partition coefficient (Wildman–Crippen LogP) is 4.23. The second-order valence-electron chi connectivity index (χ2n) is 3.83. The van der Waals surface area contributed by atoms with Gasteiger partial charge in [-0.3, -0.25) is 0 Å². The van der Waals surface area contributed by atoms with Gasteiger partial charge in [0.15, 0.2) is 0 Å². The molecule has 0 spiro atoms. The summed E-state index contributed by atoms with van der Waals surface area (Å²) in [6.07, 6.45) is 0. The Kier molecular flexibility index (Phi) is 2.91. The molecule has 0 atom stereocenters. The summed E-state index contributed by atoms with van der Waals surface area (Å²) in [4.78, 5) is 0. The van der Waals surface area contributed by atoms with Crippen molar-refractivity contribution >= 4 is 0 Å². The van der Waals surface area contributed by atoms with Gasteiger partial charge in [-0.25, -0.2) is 4.39 Å². The van der Waals surface area contributed by atoms with E-state index in [1.54, 1.807) is 19.1 Å². The Balaban J connectivity index is 2.24. The Morgan fingerprint density at radius 3 is 2.38 bits per heavy atom. The molecule has 0 heterocycles. The van der Waals surface area contributed by atoms with Crippen molar-refractivity contribution in [3.8, 4) is 11.5 Å². The fourth-order valence-corrected chi connectivity index (χ4v) is 1.45. The lowest BCUT2D eigenvalue weighted by molar-refractivity contribution is 0.475. The van der Waals surface area contributed by atoms with Crippen molar-refractivity contribution in [1.29, 1.82) is 0 Å². The number of halogens is 1. The number of hydrogen-bond acceptors (Lipinski definition) is 1. The largest absolute Gasteiger partial charge is 0.457 e. The molecule has 0 unspecified atom stereocenters. The molecule has 0 bridgehead atoms. The summed E-state index contributed by atoms with van der Waals surface area (Å²) in [5.74, 6) is 1.00. The number of aryl methyl sites for hydroxylation is 2. The average Bonchev–Trinajstić information content (AvgIpc) is 2.24. The van der Waals surface area contributed by atoms with Crippen LogP contribution >= 0.6 is 0 Å². The average molecular weight is 216 g/mol. The van der Waals surface area contributed by atoms with Crippen LogP contribution in [0, 0.1) is 19.7 Å². The van der Waals surface area contributed by atoms with Gasteiger partial charge in [0, 0.05) is 6.07 Å². The predicted molar refractivity (Wildman–Crippen MR) is 62.4 cm³/mol. The van der Waals surface area contributed by atoms with Gasteiger partial charge in [-0.05, 0) is 43.2 Å². The molecule has 16 heavy (non-hydrogen) atoms. The standard InChI is InChI=1S/C14H13FO/c1-10-4-3-5-12(8-10)16-13-7-6-11(2)14(15)9-13/h3-9H,1-2H3. The molecule has 2 aromatic carbocycles. The third-order valence-electron chi connectivity index (χ3n) is 2.37. The van der Waals surface area contributed by atoms with Gasteiger partial charge in [-0.15, -0.1) is 0 Å². The van der Waals surface area contributed by atoms with Crippen LogP contribution in [-0.2, 0) is 0 Å². The smallest absolute Gasteiger partial charge is 0.130 e. The molecule has 0 amide bonds. The first-order chi connectivity index (χ1) is 7.65. The molecule has 0 radical (unpaired) electrons. The zero-order chi connectivity index (χ0) is 11.5. The fraction of sp³-hybridized carbons (Fsp3) is 0.143. The third kappa shape index (κ3) is 2.40. The van der Waals surface area contributed by atoms with Crippen LogP contribution in [0.15, 0.2) is 42.5 Å².